The van der Waals surface area contributed by atoms with Crippen molar-refractivity contribution in [2.75, 3.05) is 0 Å². The number of esters is 1. The molecule has 0 unspecified atom stereocenters. The van der Waals surface area contributed by atoms with E-state index in [0.717, 1.165) is 5.56 Å². The molecule has 1 atom stereocenters. The van der Waals surface area contributed by atoms with E-state index >= 15 is 0 Å². The van der Waals surface area contributed by atoms with Gasteiger partial charge in [0.15, 0.2) is 0 Å². The Labute approximate surface area is 69.6 Å². The molecular formula is C9H8O3. The predicted octanol–water partition coefficient (Wildman–Crippen LogP) is 0.718. The molecule has 2 rings (SSSR count). The third kappa shape index (κ3) is 1.08. The number of hydrogen-bond donors (Lipinski definition) is 1. The summed E-state index contributed by atoms with van der Waals surface area (Å²) in [6.07, 6.45) is -0.588. The SMILES string of the molecule is O=C1O[C@H](O)Cc2ccccc21. The normalized spacial score (nSPS) is 21.4. The summed E-state index contributed by atoms with van der Waals surface area (Å²) in [5.74, 6) is -0.440. The van der Waals surface area contributed by atoms with Crippen LogP contribution in [0, 0.1) is 0 Å². The van der Waals surface area contributed by atoms with Crippen molar-refractivity contribution in [1.29, 1.82) is 0 Å². The van der Waals surface area contributed by atoms with Crippen molar-refractivity contribution >= 4 is 5.97 Å². The van der Waals surface area contributed by atoms with Crippen molar-refractivity contribution in [2.45, 2.75) is 12.7 Å². The monoisotopic (exact) mass is 164 g/mol. The maximum Gasteiger partial charge on any atom is 0.340 e. The standard InChI is InChI=1S/C9H8O3/c10-8-5-6-3-1-2-4-7(6)9(11)12-8/h1-4,8,10H,5H2/t8-/m0/s1. The molecule has 1 aliphatic heterocycles. The zero-order chi connectivity index (χ0) is 8.55. The van der Waals surface area contributed by atoms with Gasteiger partial charge in [-0.3, -0.25) is 0 Å². The van der Waals surface area contributed by atoms with Gasteiger partial charge in [0.1, 0.15) is 0 Å². The quantitative estimate of drug-likeness (QED) is 0.574. The lowest BCUT2D eigenvalue weighted by atomic mass is 10.0. The molecule has 0 aromatic heterocycles. The van der Waals surface area contributed by atoms with Crippen LogP contribution in [0.2, 0.25) is 0 Å². The molecular weight excluding hydrogens is 156 g/mol. The van der Waals surface area contributed by atoms with Crippen LogP contribution in [0.3, 0.4) is 0 Å². The summed E-state index contributed by atoms with van der Waals surface area (Å²) in [5, 5.41) is 9.08. The average Bonchev–Trinajstić information content (AvgIpc) is 2.04. The number of carbonyl (C=O) groups is 1. The van der Waals surface area contributed by atoms with Gasteiger partial charge in [-0.25, -0.2) is 4.79 Å². The van der Waals surface area contributed by atoms with E-state index < -0.39 is 12.3 Å². The number of aliphatic hydroxyl groups excluding tert-OH is 1. The first-order valence-corrected chi connectivity index (χ1v) is 3.74. The van der Waals surface area contributed by atoms with Gasteiger partial charge in [0.05, 0.1) is 5.56 Å². The highest BCUT2D eigenvalue weighted by Gasteiger charge is 2.23. The van der Waals surface area contributed by atoms with Crippen LogP contribution in [0.1, 0.15) is 15.9 Å². The molecule has 1 aromatic carbocycles. The van der Waals surface area contributed by atoms with Crippen molar-refractivity contribution in [3.8, 4) is 0 Å². The minimum Gasteiger partial charge on any atom is -0.432 e. The summed E-state index contributed by atoms with van der Waals surface area (Å²) in [7, 11) is 0. The highest BCUT2D eigenvalue weighted by molar-refractivity contribution is 5.92. The molecule has 12 heavy (non-hydrogen) atoms. The molecule has 0 saturated heterocycles. The Bertz CT molecular complexity index is 319. The average molecular weight is 164 g/mol. The van der Waals surface area contributed by atoms with E-state index in [1.165, 1.54) is 0 Å². The number of aliphatic hydroxyl groups is 1. The van der Waals surface area contributed by atoms with Crippen molar-refractivity contribution in [3.05, 3.63) is 35.4 Å². The molecule has 62 valence electrons. The maximum atomic E-state index is 11.1. The largest absolute Gasteiger partial charge is 0.432 e. The lowest BCUT2D eigenvalue weighted by Gasteiger charge is -2.19. The molecule has 1 aromatic rings. The molecule has 0 bridgehead atoms. The van der Waals surface area contributed by atoms with E-state index in [0.29, 0.717) is 12.0 Å². The van der Waals surface area contributed by atoms with E-state index in [-0.39, 0.29) is 0 Å². The van der Waals surface area contributed by atoms with Gasteiger partial charge >= 0.3 is 5.97 Å². The van der Waals surface area contributed by atoms with Gasteiger partial charge in [-0.05, 0) is 11.6 Å². The molecule has 0 saturated carbocycles. The van der Waals surface area contributed by atoms with E-state index in [4.69, 9.17) is 5.11 Å². The van der Waals surface area contributed by atoms with Crippen molar-refractivity contribution in [3.63, 3.8) is 0 Å². The van der Waals surface area contributed by atoms with E-state index in [2.05, 4.69) is 4.74 Å². The van der Waals surface area contributed by atoms with Crippen LogP contribution in [0.4, 0.5) is 0 Å². The molecule has 0 aliphatic carbocycles. The molecule has 0 radical (unpaired) electrons. The smallest absolute Gasteiger partial charge is 0.340 e. The zero-order valence-corrected chi connectivity index (χ0v) is 6.36. The Morgan fingerprint density at radius 1 is 1.42 bits per heavy atom. The number of carbonyl (C=O) groups excluding carboxylic acids is 1. The first-order valence-electron chi connectivity index (χ1n) is 3.74. The van der Waals surface area contributed by atoms with Crippen LogP contribution < -0.4 is 0 Å². The lowest BCUT2D eigenvalue weighted by molar-refractivity contribution is -0.0687. The van der Waals surface area contributed by atoms with Crippen LogP contribution in [0.5, 0.6) is 0 Å². The first-order chi connectivity index (χ1) is 5.77. The number of ether oxygens (including phenoxy) is 1. The van der Waals surface area contributed by atoms with Gasteiger partial charge < -0.3 is 9.84 Å². The number of cyclic esters (lactones) is 1. The van der Waals surface area contributed by atoms with Gasteiger partial charge in [0.25, 0.3) is 0 Å². The summed E-state index contributed by atoms with van der Waals surface area (Å²) in [6, 6.07) is 7.13. The Morgan fingerprint density at radius 2 is 2.17 bits per heavy atom. The summed E-state index contributed by atoms with van der Waals surface area (Å²) in [4.78, 5) is 11.1. The molecule has 0 amide bonds. The Hall–Kier alpha value is -1.35. The summed E-state index contributed by atoms with van der Waals surface area (Å²) in [6.45, 7) is 0. The zero-order valence-electron chi connectivity index (χ0n) is 6.36. The second-order valence-corrected chi connectivity index (χ2v) is 2.72. The van der Waals surface area contributed by atoms with Gasteiger partial charge in [0, 0.05) is 6.42 Å². The molecule has 0 spiro atoms. The molecule has 1 N–H and O–H groups in total. The fourth-order valence-electron chi connectivity index (χ4n) is 1.31. The molecule has 1 heterocycles. The van der Waals surface area contributed by atoms with Crippen molar-refractivity contribution < 1.29 is 14.6 Å². The van der Waals surface area contributed by atoms with Crippen LogP contribution in [0.15, 0.2) is 24.3 Å². The van der Waals surface area contributed by atoms with Crippen molar-refractivity contribution in [1.82, 2.24) is 0 Å². The summed E-state index contributed by atoms with van der Waals surface area (Å²) >= 11 is 0. The van der Waals surface area contributed by atoms with E-state index in [9.17, 15) is 4.79 Å². The topological polar surface area (TPSA) is 46.5 Å². The van der Waals surface area contributed by atoms with Crippen LogP contribution in [0.25, 0.3) is 0 Å². The van der Waals surface area contributed by atoms with Crippen LogP contribution in [-0.4, -0.2) is 17.4 Å². The predicted molar refractivity (Wildman–Crippen MR) is 41.6 cm³/mol. The van der Waals surface area contributed by atoms with E-state index in [1.807, 2.05) is 12.1 Å². The van der Waals surface area contributed by atoms with Crippen LogP contribution in [-0.2, 0) is 11.2 Å². The number of rotatable bonds is 0. The Balaban J connectivity index is 2.47. The second-order valence-electron chi connectivity index (χ2n) is 2.72. The highest BCUT2D eigenvalue weighted by Crippen LogP contribution is 2.18. The fraction of sp³-hybridized carbons (Fsp3) is 0.222. The number of hydrogen-bond acceptors (Lipinski definition) is 3. The van der Waals surface area contributed by atoms with Crippen molar-refractivity contribution in [2.24, 2.45) is 0 Å². The molecule has 3 heteroatoms. The van der Waals surface area contributed by atoms with Gasteiger partial charge in [-0.1, -0.05) is 18.2 Å². The maximum absolute atomic E-state index is 11.1. The number of benzene rings is 1. The molecule has 3 nitrogen and oxygen atoms in total. The summed E-state index contributed by atoms with van der Waals surface area (Å²) in [5.41, 5.74) is 1.41. The van der Waals surface area contributed by atoms with Gasteiger partial charge in [-0.15, -0.1) is 0 Å². The van der Waals surface area contributed by atoms with E-state index in [1.54, 1.807) is 12.1 Å². The highest BCUT2D eigenvalue weighted by atomic mass is 16.6. The number of fused-ring (bicyclic) bond motifs is 1. The minimum absolute atomic E-state index is 0.391. The Kier molecular flexibility index (Phi) is 1.59. The molecule has 0 fully saturated rings. The van der Waals surface area contributed by atoms with Crippen LogP contribution >= 0.6 is 0 Å². The fourth-order valence-corrected chi connectivity index (χ4v) is 1.31. The minimum atomic E-state index is -0.979. The molecule has 1 aliphatic rings. The third-order valence-electron chi connectivity index (χ3n) is 1.87. The third-order valence-corrected chi connectivity index (χ3v) is 1.87. The Morgan fingerprint density at radius 3 is 3.00 bits per heavy atom. The summed E-state index contributed by atoms with van der Waals surface area (Å²) < 4.78 is 4.63. The van der Waals surface area contributed by atoms with Gasteiger partial charge in [-0.2, -0.15) is 0 Å². The first kappa shape index (κ1) is 7.31. The lowest BCUT2D eigenvalue weighted by Crippen LogP contribution is -2.26. The second kappa shape index (κ2) is 2.60. The van der Waals surface area contributed by atoms with Gasteiger partial charge in [0.2, 0.25) is 6.29 Å².